The average molecular weight is 402 g/mol. The molecule has 0 spiro atoms. The lowest BCUT2D eigenvalue weighted by molar-refractivity contribution is 0.0935. The van der Waals surface area contributed by atoms with Gasteiger partial charge in [0.05, 0.1) is 12.1 Å². The van der Waals surface area contributed by atoms with Gasteiger partial charge in [0.15, 0.2) is 5.78 Å². The number of carbonyl (C=O) groups is 2. The van der Waals surface area contributed by atoms with Crippen LogP contribution in [0.15, 0.2) is 77.6 Å². The van der Waals surface area contributed by atoms with Gasteiger partial charge in [-0.15, -0.1) is 0 Å². The van der Waals surface area contributed by atoms with Gasteiger partial charge < -0.3 is 9.84 Å². The number of hydrogen-bond acceptors (Lipinski definition) is 6. The molecule has 2 aromatic heterocycles. The van der Waals surface area contributed by atoms with Crippen LogP contribution in [0.5, 0.6) is 0 Å². The molecule has 0 aliphatic rings. The number of nitrogens with zero attached hydrogens (tertiary/aromatic N) is 3. The van der Waals surface area contributed by atoms with Crippen LogP contribution in [-0.2, 0) is 6.54 Å². The Kier molecular flexibility index (Phi) is 5.38. The van der Waals surface area contributed by atoms with Gasteiger partial charge in [-0.25, -0.2) is 4.39 Å². The molecule has 148 valence electrons. The van der Waals surface area contributed by atoms with Crippen LogP contribution in [0.3, 0.4) is 0 Å². The van der Waals surface area contributed by atoms with E-state index in [1.165, 1.54) is 24.3 Å². The van der Waals surface area contributed by atoms with Gasteiger partial charge in [0, 0.05) is 29.1 Å². The number of carbonyl (C=O) groups excluding carboxylic acids is 2. The second-order valence-electron chi connectivity index (χ2n) is 6.31. The summed E-state index contributed by atoms with van der Waals surface area (Å²) in [7, 11) is 0. The van der Waals surface area contributed by atoms with Gasteiger partial charge in [0.2, 0.25) is 11.7 Å². The van der Waals surface area contributed by atoms with E-state index in [0.717, 1.165) is 5.56 Å². The molecule has 1 N–H and O–H groups in total. The number of hydrogen-bond donors (Lipinski definition) is 1. The lowest BCUT2D eigenvalue weighted by atomic mass is 9.98. The van der Waals surface area contributed by atoms with Crippen molar-refractivity contribution in [3.05, 3.63) is 101 Å². The predicted octanol–water partition coefficient (Wildman–Crippen LogP) is 3.43. The fraction of sp³-hybridized carbons (Fsp3) is 0.0455. The number of pyridine rings is 1. The van der Waals surface area contributed by atoms with Crippen LogP contribution >= 0.6 is 0 Å². The lowest BCUT2D eigenvalue weighted by Crippen LogP contribution is -2.25. The van der Waals surface area contributed by atoms with Crippen LogP contribution in [0.1, 0.15) is 32.2 Å². The zero-order chi connectivity index (χ0) is 20.9. The highest BCUT2D eigenvalue weighted by atomic mass is 19.1. The summed E-state index contributed by atoms with van der Waals surface area (Å²) in [5.41, 5.74) is 1.43. The van der Waals surface area contributed by atoms with E-state index in [1.54, 1.807) is 48.8 Å². The molecule has 0 atom stereocenters. The first-order valence-corrected chi connectivity index (χ1v) is 9.02. The van der Waals surface area contributed by atoms with Gasteiger partial charge in [-0.3, -0.25) is 14.6 Å². The van der Waals surface area contributed by atoms with E-state index in [9.17, 15) is 14.0 Å². The van der Waals surface area contributed by atoms with Crippen molar-refractivity contribution in [2.24, 2.45) is 0 Å². The minimum absolute atomic E-state index is 0.00398. The van der Waals surface area contributed by atoms with Crippen molar-refractivity contribution in [2.45, 2.75) is 6.54 Å². The largest absolute Gasteiger partial charge is 0.343 e. The number of rotatable bonds is 6. The maximum absolute atomic E-state index is 13.1. The Morgan fingerprint density at radius 1 is 0.933 bits per heavy atom. The molecule has 4 rings (SSSR count). The smallest absolute Gasteiger partial charge is 0.252 e. The molecule has 0 fully saturated rings. The van der Waals surface area contributed by atoms with Gasteiger partial charge in [0.1, 0.15) is 5.82 Å². The molecule has 8 heteroatoms. The molecule has 0 saturated heterocycles. The van der Waals surface area contributed by atoms with Crippen LogP contribution < -0.4 is 5.32 Å². The topological polar surface area (TPSA) is 98.0 Å². The number of amides is 1. The van der Waals surface area contributed by atoms with Crippen LogP contribution in [0, 0.1) is 5.82 Å². The summed E-state index contributed by atoms with van der Waals surface area (Å²) >= 11 is 0. The molecular weight excluding hydrogens is 387 g/mol. The first-order chi connectivity index (χ1) is 14.6. The Hall–Kier alpha value is -4.20. The summed E-state index contributed by atoms with van der Waals surface area (Å²) in [4.78, 5) is 33.6. The molecule has 4 aromatic rings. The highest BCUT2D eigenvalue weighted by Gasteiger charge is 2.19. The van der Waals surface area contributed by atoms with E-state index in [1.807, 2.05) is 0 Å². The van der Waals surface area contributed by atoms with Crippen molar-refractivity contribution in [1.29, 1.82) is 0 Å². The predicted molar refractivity (Wildman–Crippen MR) is 105 cm³/mol. The van der Waals surface area contributed by atoms with Crippen molar-refractivity contribution in [1.82, 2.24) is 20.4 Å². The Bertz CT molecular complexity index is 1190. The third kappa shape index (κ3) is 4.12. The molecule has 0 bridgehead atoms. The Morgan fingerprint density at radius 3 is 2.37 bits per heavy atom. The molecule has 0 aliphatic carbocycles. The van der Waals surface area contributed by atoms with Gasteiger partial charge in [-0.2, -0.15) is 4.98 Å². The Morgan fingerprint density at radius 2 is 1.63 bits per heavy atom. The first kappa shape index (κ1) is 19.1. The third-order valence-corrected chi connectivity index (χ3v) is 4.33. The zero-order valence-corrected chi connectivity index (χ0v) is 15.6. The third-order valence-electron chi connectivity index (χ3n) is 4.33. The van der Waals surface area contributed by atoms with E-state index in [0.29, 0.717) is 5.82 Å². The van der Waals surface area contributed by atoms with Crippen molar-refractivity contribution in [3.63, 3.8) is 0 Å². The molecule has 7 nitrogen and oxygen atoms in total. The maximum atomic E-state index is 13.1. The van der Waals surface area contributed by atoms with Crippen LogP contribution in [-0.4, -0.2) is 26.8 Å². The first-order valence-electron chi connectivity index (χ1n) is 9.02. The van der Waals surface area contributed by atoms with Crippen molar-refractivity contribution < 1.29 is 18.5 Å². The maximum Gasteiger partial charge on any atom is 0.252 e. The van der Waals surface area contributed by atoms with Crippen LogP contribution in [0.2, 0.25) is 0 Å². The van der Waals surface area contributed by atoms with E-state index in [2.05, 4.69) is 20.4 Å². The molecule has 0 aliphatic heterocycles. The van der Waals surface area contributed by atoms with Gasteiger partial charge in [0.25, 0.3) is 5.91 Å². The summed E-state index contributed by atoms with van der Waals surface area (Å²) in [5, 5.41) is 6.56. The minimum atomic E-state index is -0.468. The van der Waals surface area contributed by atoms with Crippen LogP contribution in [0.25, 0.3) is 11.4 Å². The van der Waals surface area contributed by atoms with E-state index in [-0.39, 0.29) is 34.9 Å². The number of benzene rings is 2. The highest BCUT2D eigenvalue weighted by molar-refractivity contribution is 6.15. The van der Waals surface area contributed by atoms with Gasteiger partial charge >= 0.3 is 0 Å². The second kappa shape index (κ2) is 8.44. The Balaban J connectivity index is 1.49. The fourth-order valence-corrected chi connectivity index (χ4v) is 2.83. The van der Waals surface area contributed by atoms with E-state index in [4.69, 9.17) is 4.52 Å². The number of nitrogens with one attached hydrogen (secondary N) is 1. The zero-order valence-electron chi connectivity index (χ0n) is 15.6. The minimum Gasteiger partial charge on any atom is -0.343 e. The summed E-state index contributed by atoms with van der Waals surface area (Å²) < 4.78 is 18.3. The summed E-state index contributed by atoms with van der Waals surface area (Å²) in [6.07, 6.45) is 3.23. The molecular formula is C22H15FN4O3. The molecule has 0 saturated carbocycles. The van der Waals surface area contributed by atoms with E-state index >= 15 is 0 Å². The molecule has 2 aromatic carbocycles. The molecule has 30 heavy (non-hydrogen) atoms. The Labute approximate surface area is 170 Å². The molecule has 2 heterocycles. The van der Waals surface area contributed by atoms with Crippen molar-refractivity contribution in [3.8, 4) is 11.4 Å². The number of ketones is 1. The average Bonchev–Trinajstić information content (AvgIpc) is 3.27. The van der Waals surface area contributed by atoms with E-state index < -0.39 is 11.7 Å². The normalized spacial score (nSPS) is 10.6. The highest BCUT2D eigenvalue weighted by Crippen LogP contribution is 2.17. The summed E-state index contributed by atoms with van der Waals surface area (Å²) in [6, 6.07) is 15.1. The lowest BCUT2D eigenvalue weighted by Gasteiger charge is -2.08. The standard InChI is InChI=1S/C22H15FN4O3/c23-16-7-5-14(6-8-16)20(28)17-3-1-2-4-18(17)22(29)25-13-19-26-21(27-30-19)15-9-11-24-12-10-15/h1-12H,13H2,(H,25,29). The van der Waals surface area contributed by atoms with Crippen molar-refractivity contribution in [2.75, 3.05) is 0 Å². The number of halogens is 1. The number of aromatic nitrogens is 3. The summed E-state index contributed by atoms with van der Waals surface area (Å²) in [6.45, 7) is -0.00398. The monoisotopic (exact) mass is 402 g/mol. The quantitative estimate of drug-likeness (QED) is 0.496. The molecule has 1 amide bonds. The molecule has 0 radical (unpaired) electrons. The fourth-order valence-electron chi connectivity index (χ4n) is 2.83. The van der Waals surface area contributed by atoms with Gasteiger partial charge in [-0.05, 0) is 42.5 Å². The summed E-state index contributed by atoms with van der Waals surface area (Å²) in [5.74, 6) is -0.683. The second-order valence-corrected chi connectivity index (χ2v) is 6.31. The SMILES string of the molecule is O=C(NCc1nc(-c2ccncc2)no1)c1ccccc1C(=O)c1ccc(F)cc1. The van der Waals surface area contributed by atoms with Crippen LogP contribution in [0.4, 0.5) is 4.39 Å². The van der Waals surface area contributed by atoms with Crippen molar-refractivity contribution >= 4 is 11.7 Å². The molecule has 0 unspecified atom stereocenters. The van der Waals surface area contributed by atoms with Gasteiger partial charge in [-0.1, -0.05) is 23.4 Å².